The number of rotatable bonds is 10. The number of anilines is 1. The summed E-state index contributed by atoms with van der Waals surface area (Å²) in [6, 6.07) is 3.28. The molecule has 0 atom stereocenters. The van der Waals surface area contributed by atoms with Crippen molar-refractivity contribution in [2.45, 2.75) is 39.0 Å². The number of aromatic carboxylic acids is 1. The zero-order valence-electron chi connectivity index (χ0n) is 12.3. The van der Waals surface area contributed by atoms with Gasteiger partial charge in [0.25, 0.3) is 0 Å². The molecule has 1 rings (SSSR count). The summed E-state index contributed by atoms with van der Waals surface area (Å²) >= 11 is 1.87. The van der Waals surface area contributed by atoms with E-state index in [-0.39, 0.29) is 0 Å². The standard InChI is InChI=1S/C15H24N2O2S/c1-3-7-13-10-12(15(18)19)11-14(17-13)16-8-5-4-6-9-20-2/h10-11H,3-9H2,1-2H3,(H,16,17)(H,18,19). The van der Waals surface area contributed by atoms with Crippen molar-refractivity contribution in [1.82, 2.24) is 4.98 Å². The molecule has 0 bridgehead atoms. The molecule has 1 aromatic heterocycles. The second-order valence-corrected chi connectivity index (χ2v) is 5.75. The van der Waals surface area contributed by atoms with Gasteiger partial charge in [-0.2, -0.15) is 11.8 Å². The Morgan fingerprint density at radius 1 is 1.35 bits per heavy atom. The van der Waals surface area contributed by atoms with E-state index in [1.54, 1.807) is 12.1 Å². The lowest BCUT2D eigenvalue weighted by Crippen LogP contribution is -2.08. The summed E-state index contributed by atoms with van der Waals surface area (Å²) in [5.74, 6) is 0.985. The van der Waals surface area contributed by atoms with Gasteiger partial charge in [0.15, 0.2) is 0 Å². The van der Waals surface area contributed by atoms with E-state index in [9.17, 15) is 4.79 Å². The number of carboxylic acids is 1. The molecule has 5 heteroatoms. The minimum atomic E-state index is -0.896. The predicted molar refractivity (Wildman–Crippen MR) is 85.9 cm³/mol. The maximum Gasteiger partial charge on any atom is 0.335 e. The van der Waals surface area contributed by atoms with E-state index < -0.39 is 5.97 Å². The van der Waals surface area contributed by atoms with Gasteiger partial charge in [-0.05, 0) is 43.4 Å². The molecular weight excluding hydrogens is 272 g/mol. The number of hydrogen-bond donors (Lipinski definition) is 2. The highest BCUT2D eigenvalue weighted by molar-refractivity contribution is 7.98. The van der Waals surface area contributed by atoms with Crippen LogP contribution in [0.15, 0.2) is 12.1 Å². The molecule has 0 radical (unpaired) electrons. The fraction of sp³-hybridized carbons (Fsp3) is 0.600. The highest BCUT2D eigenvalue weighted by atomic mass is 32.2. The van der Waals surface area contributed by atoms with Crippen LogP contribution in [0.4, 0.5) is 5.82 Å². The van der Waals surface area contributed by atoms with Gasteiger partial charge in [-0.25, -0.2) is 9.78 Å². The van der Waals surface area contributed by atoms with Crippen molar-refractivity contribution in [1.29, 1.82) is 0 Å². The van der Waals surface area contributed by atoms with Crippen LogP contribution in [0.5, 0.6) is 0 Å². The van der Waals surface area contributed by atoms with Gasteiger partial charge in [-0.1, -0.05) is 19.8 Å². The van der Waals surface area contributed by atoms with Gasteiger partial charge in [0.2, 0.25) is 0 Å². The molecule has 2 N–H and O–H groups in total. The quantitative estimate of drug-likeness (QED) is 0.645. The zero-order valence-corrected chi connectivity index (χ0v) is 13.1. The fourth-order valence-corrected chi connectivity index (χ4v) is 2.44. The topological polar surface area (TPSA) is 62.2 Å². The summed E-state index contributed by atoms with van der Waals surface area (Å²) < 4.78 is 0. The van der Waals surface area contributed by atoms with Crippen LogP contribution < -0.4 is 5.32 Å². The van der Waals surface area contributed by atoms with E-state index in [4.69, 9.17) is 5.11 Å². The molecule has 0 saturated carbocycles. The summed E-state index contributed by atoms with van der Waals surface area (Å²) in [4.78, 5) is 15.6. The molecular formula is C15H24N2O2S. The number of pyridine rings is 1. The number of aromatic nitrogens is 1. The van der Waals surface area contributed by atoms with Gasteiger partial charge in [0.05, 0.1) is 5.56 Å². The monoisotopic (exact) mass is 296 g/mol. The van der Waals surface area contributed by atoms with E-state index in [0.29, 0.717) is 11.4 Å². The molecule has 20 heavy (non-hydrogen) atoms. The number of nitrogens with zero attached hydrogens (tertiary/aromatic N) is 1. The first-order valence-electron chi connectivity index (χ1n) is 7.14. The van der Waals surface area contributed by atoms with Crippen molar-refractivity contribution in [3.63, 3.8) is 0 Å². The van der Waals surface area contributed by atoms with E-state index in [2.05, 4.69) is 23.5 Å². The van der Waals surface area contributed by atoms with Crippen molar-refractivity contribution in [2.75, 3.05) is 23.9 Å². The Labute approximate surface area is 125 Å². The molecule has 0 saturated heterocycles. The van der Waals surface area contributed by atoms with Gasteiger partial charge in [0, 0.05) is 12.2 Å². The fourth-order valence-electron chi connectivity index (χ4n) is 1.95. The van der Waals surface area contributed by atoms with Crippen LogP contribution in [-0.2, 0) is 6.42 Å². The Morgan fingerprint density at radius 2 is 2.15 bits per heavy atom. The van der Waals surface area contributed by atoms with E-state index in [1.807, 2.05) is 11.8 Å². The Morgan fingerprint density at radius 3 is 2.80 bits per heavy atom. The molecule has 0 unspecified atom stereocenters. The number of thioether (sulfide) groups is 1. The Kier molecular flexibility index (Phi) is 8.11. The van der Waals surface area contributed by atoms with Crippen molar-refractivity contribution >= 4 is 23.5 Å². The van der Waals surface area contributed by atoms with E-state index >= 15 is 0 Å². The van der Waals surface area contributed by atoms with Gasteiger partial charge < -0.3 is 10.4 Å². The number of carboxylic acid groups (broad SMARTS) is 1. The Bertz CT molecular complexity index is 424. The first-order valence-corrected chi connectivity index (χ1v) is 8.53. The number of nitrogens with one attached hydrogen (secondary N) is 1. The normalized spacial score (nSPS) is 10.5. The van der Waals surface area contributed by atoms with Crippen molar-refractivity contribution in [3.05, 3.63) is 23.4 Å². The lowest BCUT2D eigenvalue weighted by molar-refractivity contribution is 0.0696. The molecule has 112 valence electrons. The second-order valence-electron chi connectivity index (χ2n) is 4.77. The molecule has 0 aromatic carbocycles. The lowest BCUT2D eigenvalue weighted by atomic mass is 10.1. The molecule has 1 aromatic rings. The third-order valence-corrected chi connectivity index (χ3v) is 3.66. The Hall–Kier alpha value is -1.23. The zero-order chi connectivity index (χ0) is 14.8. The van der Waals surface area contributed by atoms with Gasteiger partial charge in [0.1, 0.15) is 5.82 Å². The lowest BCUT2D eigenvalue weighted by Gasteiger charge is -2.09. The minimum absolute atomic E-state index is 0.313. The third kappa shape index (κ3) is 6.28. The van der Waals surface area contributed by atoms with Crippen LogP contribution in [0.2, 0.25) is 0 Å². The number of hydrogen-bond acceptors (Lipinski definition) is 4. The predicted octanol–water partition coefficient (Wildman–Crippen LogP) is 3.68. The minimum Gasteiger partial charge on any atom is -0.478 e. The molecule has 1 heterocycles. The second kappa shape index (κ2) is 9.64. The summed E-state index contributed by atoms with van der Waals surface area (Å²) in [6.07, 6.45) is 7.39. The number of unbranched alkanes of at least 4 members (excludes halogenated alkanes) is 2. The average Bonchev–Trinajstić information content (AvgIpc) is 2.43. The van der Waals surface area contributed by atoms with Crippen LogP contribution in [0.3, 0.4) is 0 Å². The maximum absolute atomic E-state index is 11.1. The van der Waals surface area contributed by atoms with Gasteiger partial charge in [-0.15, -0.1) is 0 Å². The summed E-state index contributed by atoms with van der Waals surface area (Å²) in [6.45, 7) is 2.91. The molecule has 0 amide bonds. The van der Waals surface area contributed by atoms with Crippen LogP contribution in [0.1, 0.15) is 48.7 Å². The summed E-state index contributed by atoms with van der Waals surface area (Å²) in [7, 11) is 0. The maximum atomic E-state index is 11.1. The molecule has 0 fully saturated rings. The molecule has 0 aliphatic heterocycles. The SMILES string of the molecule is CCCc1cc(C(=O)O)cc(NCCCCCSC)n1. The number of aryl methyl sites for hydroxylation is 1. The Balaban J connectivity index is 2.53. The first kappa shape index (κ1) is 16.8. The van der Waals surface area contributed by atoms with Gasteiger partial charge >= 0.3 is 5.97 Å². The van der Waals surface area contributed by atoms with E-state index in [0.717, 1.165) is 31.5 Å². The van der Waals surface area contributed by atoms with Crippen LogP contribution in [-0.4, -0.2) is 34.6 Å². The molecule has 4 nitrogen and oxygen atoms in total. The van der Waals surface area contributed by atoms with Crippen LogP contribution >= 0.6 is 11.8 Å². The highest BCUT2D eigenvalue weighted by Crippen LogP contribution is 2.13. The van der Waals surface area contributed by atoms with Crippen LogP contribution in [0.25, 0.3) is 0 Å². The van der Waals surface area contributed by atoms with Crippen molar-refractivity contribution in [3.8, 4) is 0 Å². The smallest absolute Gasteiger partial charge is 0.335 e. The van der Waals surface area contributed by atoms with Gasteiger partial charge in [-0.3, -0.25) is 0 Å². The highest BCUT2D eigenvalue weighted by Gasteiger charge is 2.07. The number of carbonyl (C=O) groups is 1. The third-order valence-electron chi connectivity index (χ3n) is 2.96. The van der Waals surface area contributed by atoms with Crippen LogP contribution in [0, 0.1) is 0 Å². The van der Waals surface area contributed by atoms with Crippen molar-refractivity contribution in [2.24, 2.45) is 0 Å². The largest absolute Gasteiger partial charge is 0.478 e. The average molecular weight is 296 g/mol. The molecule has 0 aliphatic rings. The van der Waals surface area contributed by atoms with Crippen molar-refractivity contribution < 1.29 is 9.90 Å². The summed E-state index contributed by atoms with van der Waals surface area (Å²) in [5, 5.41) is 12.3. The first-order chi connectivity index (χ1) is 9.67. The van der Waals surface area contributed by atoms with E-state index in [1.165, 1.54) is 18.6 Å². The summed E-state index contributed by atoms with van der Waals surface area (Å²) in [5.41, 5.74) is 1.16. The molecule has 0 spiro atoms. The molecule has 0 aliphatic carbocycles.